The summed E-state index contributed by atoms with van der Waals surface area (Å²) in [4.78, 5) is 0. The van der Waals surface area contributed by atoms with Crippen LogP contribution in [0.1, 0.15) is 51.9 Å². The molecule has 2 rings (SSSR count). The molecule has 0 spiro atoms. The molecular formula is C14H27NO. The third-order valence-electron chi connectivity index (χ3n) is 4.34. The van der Waals surface area contributed by atoms with Gasteiger partial charge in [-0.25, -0.2) is 0 Å². The van der Waals surface area contributed by atoms with Crippen LogP contribution in [0.3, 0.4) is 0 Å². The zero-order chi connectivity index (χ0) is 11.2. The maximum atomic E-state index is 5.52. The van der Waals surface area contributed by atoms with Crippen LogP contribution < -0.4 is 5.32 Å². The highest BCUT2D eigenvalue weighted by molar-refractivity contribution is 4.77. The first-order valence-corrected chi connectivity index (χ1v) is 7.17. The summed E-state index contributed by atoms with van der Waals surface area (Å²) in [6.07, 6.45) is 9.84. The fraction of sp³-hybridized carbons (Fsp3) is 1.00. The molecule has 1 N–H and O–H groups in total. The smallest absolute Gasteiger partial charge is 0.0506 e. The Morgan fingerprint density at radius 1 is 1.12 bits per heavy atom. The lowest BCUT2D eigenvalue weighted by Crippen LogP contribution is -2.39. The van der Waals surface area contributed by atoms with E-state index in [9.17, 15) is 0 Å². The monoisotopic (exact) mass is 225 g/mol. The van der Waals surface area contributed by atoms with Crippen molar-refractivity contribution in [3.05, 3.63) is 0 Å². The van der Waals surface area contributed by atoms with E-state index in [1.54, 1.807) is 0 Å². The molecule has 0 bridgehead atoms. The van der Waals surface area contributed by atoms with E-state index in [4.69, 9.17) is 4.74 Å². The summed E-state index contributed by atoms with van der Waals surface area (Å²) in [5, 5.41) is 3.74. The van der Waals surface area contributed by atoms with Crippen LogP contribution in [0, 0.1) is 11.8 Å². The first kappa shape index (κ1) is 12.4. The second kappa shape index (κ2) is 6.61. The average Bonchev–Trinajstić information content (AvgIpc) is 2.38. The Bertz CT molecular complexity index is 183. The number of hydrogen-bond acceptors (Lipinski definition) is 2. The van der Waals surface area contributed by atoms with Gasteiger partial charge in [-0.3, -0.25) is 0 Å². The molecule has 0 aromatic rings. The Labute approximate surface area is 100 Å². The standard InChI is InChI=1S/C14H27NO/c1-12(14-7-3-2-4-8-14)15-10-13-6-5-9-16-11-13/h12-15H,2-11H2,1H3/t12-,13?/m1/s1. The van der Waals surface area contributed by atoms with E-state index in [1.807, 2.05) is 0 Å². The minimum atomic E-state index is 0.710. The number of ether oxygens (including phenoxy) is 1. The Morgan fingerprint density at radius 3 is 2.62 bits per heavy atom. The summed E-state index contributed by atoms with van der Waals surface area (Å²) in [7, 11) is 0. The molecule has 0 radical (unpaired) electrons. The lowest BCUT2D eigenvalue weighted by Gasteiger charge is -2.30. The van der Waals surface area contributed by atoms with Gasteiger partial charge < -0.3 is 10.1 Å². The lowest BCUT2D eigenvalue weighted by atomic mass is 9.84. The highest BCUT2D eigenvalue weighted by Crippen LogP contribution is 2.26. The van der Waals surface area contributed by atoms with Gasteiger partial charge in [0.2, 0.25) is 0 Å². The van der Waals surface area contributed by atoms with E-state index in [0.29, 0.717) is 6.04 Å². The van der Waals surface area contributed by atoms with Crippen molar-refractivity contribution in [1.29, 1.82) is 0 Å². The maximum Gasteiger partial charge on any atom is 0.0506 e. The van der Waals surface area contributed by atoms with Crippen molar-refractivity contribution >= 4 is 0 Å². The molecule has 2 atom stereocenters. The van der Waals surface area contributed by atoms with Gasteiger partial charge in [0.15, 0.2) is 0 Å². The molecule has 0 aromatic heterocycles. The second-order valence-electron chi connectivity index (χ2n) is 5.68. The van der Waals surface area contributed by atoms with Crippen LogP contribution in [0.4, 0.5) is 0 Å². The predicted molar refractivity (Wildman–Crippen MR) is 67.6 cm³/mol. The summed E-state index contributed by atoms with van der Waals surface area (Å²) >= 11 is 0. The van der Waals surface area contributed by atoms with E-state index < -0.39 is 0 Å². The van der Waals surface area contributed by atoms with Gasteiger partial charge in [0.1, 0.15) is 0 Å². The number of hydrogen-bond donors (Lipinski definition) is 1. The molecular weight excluding hydrogens is 198 g/mol. The van der Waals surface area contributed by atoms with Crippen LogP contribution in [-0.2, 0) is 4.74 Å². The minimum absolute atomic E-state index is 0.710. The zero-order valence-electron chi connectivity index (χ0n) is 10.7. The molecule has 0 amide bonds. The van der Waals surface area contributed by atoms with Crippen LogP contribution in [0.5, 0.6) is 0 Å². The first-order chi connectivity index (χ1) is 7.86. The Hall–Kier alpha value is -0.0800. The summed E-state index contributed by atoms with van der Waals surface area (Å²) in [5.41, 5.74) is 0. The van der Waals surface area contributed by atoms with Crippen LogP contribution >= 0.6 is 0 Å². The molecule has 1 heterocycles. The van der Waals surface area contributed by atoms with Crippen LogP contribution in [-0.4, -0.2) is 25.8 Å². The second-order valence-corrected chi connectivity index (χ2v) is 5.68. The van der Waals surface area contributed by atoms with Crippen molar-refractivity contribution in [3.63, 3.8) is 0 Å². The van der Waals surface area contributed by atoms with Crippen molar-refractivity contribution in [1.82, 2.24) is 5.32 Å². The molecule has 94 valence electrons. The summed E-state index contributed by atoms with van der Waals surface area (Å²) in [5.74, 6) is 1.69. The van der Waals surface area contributed by atoms with Gasteiger partial charge in [0.05, 0.1) is 6.61 Å². The molecule has 1 saturated carbocycles. The van der Waals surface area contributed by atoms with Crippen LogP contribution in [0.25, 0.3) is 0 Å². The normalized spacial score (nSPS) is 30.2. The molecule has 1 aliphatic heterocycles. The van der Waals surface area contributed by atoms with E-state index in [1.165, 1.54) is 44.9 Å². The van der Waals surface area contributed by atoms with Gasteiger partial charge in [-0.15, -0.1) is 0 Å². The van der Waals surface area contributed by atoms with Crippen LogP contribution in [0.15, 0.2) is 0 Å². The first-order valence-electron chi connectivity index (χ1n) is 7.17. The van der Waals surface area contributed by atoms with Crippen molar-refractivity contribution in [2.75, 3.05) is 19.8 Å². The largest absolute Gasteiger partial charge is 0.381 e. The quantitative estimate of drug-likeness (QED) is 0.794. The summed E-state index contributed by atoms with van der Waals surface area (Å²) in [6, 6.07) is 0.710. The average molecular weight is 225 g/mol. The van der Waals surface area contributed by atoms with Gasteiger partial charge in [-0.2, -0.15) is 0 Å². The molecule has 2 fully saturated rings. The third kappa shape index (κ3) is 3.74. The summed E-state index contributed by atoms with van der Waals surface area (Å²) in [6.45, 7) is 5.50. The molecule has 2 aliphatic rings. The molecule has 1 saturated heterocycles. The van der Waals surface area contributed by atoms with Crippen molar-refractivity contribution in [2.24, 2.45) is 11.8 Å². The van der Waals surface area contributed by atoms with Crippen molar-refractivity contribution < 1.29 is 4.74 Å². The zero-order valence-corrected chi connectivity index (χ0v) is 10.7. The molecule has 2 nitrogen and oxygen atoms in total. The maximum absolute atomic E-state index is 5.52. The van der Waals surface area contributed by atoms with E-state index in [-0.39, 0.29) is 0 Å². The van der Waals surface area contributed by atoms with Gasteiger partial charge in [-0.1, -0.05) is 19.3 Å². The molecule has 1 unspecified atom stereocenters. The fourth-order valence-corrected chi connectivity index (χ4v) is 3.12. The van der Waals surface area contributed by atoms with Crippen molar-refractivity contribution in [2.45, 2.75) is 57.9 Å². The van der Waals surface area contributed by atoms with Crippen LogP contribution in [0.2, 0.25) is 0 Å². The summed E-state index contributed by atoms with van der Waals surface area (Å²) < 4.78 is 5.52. The van der Waals surface area contributed by atoms with Gasteiger partial charge in [-0.05, 0) is 44.4 Å². The Kier molecular flexibility index (Phi) is 5.11. The van der Waals surface area contributed by atoms with Crippen molar-refractivity contribution in [3.8, 4) is 0 Å². The van der Waals surface area contributed by atoms with Gasteiger partial charge in [0, 0.05) is 19.2 Å². The van der Waals surface area contributed by atoms with Gasteiger partial charge in [0.25, 0.3) is 0 Å². The predicted octanol–water partition coefficient (Wildman–Crippen LogP) is 2.97. The van der Waals surface area contributed by atoms with Gasteiger partial charge >= 0.3 is 0 Å². The molecule has 1 aliphatic carbocycles. The minimum Gasteiger partial charge on any atom is -0.381 e. The number of rotatable bonds is 4. The highest BCUT2D eigenvalue weighted by Gasteiger charge is 2.21. The molecule has 2 heteroatoms. The molecule has 0 aromatic carbocycles. The third-order valence-corrected chi connectivity index (χ3v) is 4.34. The topological polar surface area (TPSA) is 21.3 Å². The SMILES string of the molecule is C[C@@H](NCC1CCCOC1)C1CCCCC1. The van der Waals surface area contributed by atoms with E-state index >= 15 is 0 Å². The Balaban J connectivity index is 1.63. The highest BCUT2D eigenvalue weighted by atomic mass is 16.5. The van der Waals surface area contributed by atoms with E-state index in [2.05, 4.69) is 12.2 Å². The Morgan fingerprint density at radius 2 is 1.94 bits per heavy atom. The van der Waals surface area contributed by atoms with E-state index in [0.717, 1.165) is 31.6 Å². The lowest BCUT2D eigenvalue weighted by molar-refractivity contribution is 0.0528. The number of nitrogens with one attached hydrogen (secondary N) is 1. The fourth-order valence-electron chi connectivity index (χ4n) is 3.12. The molecule has 16 heavy (non-hydrogen) atoms.